The third-order valence-corrected chi connectivity index (χ3v) is 2.02. The van der Waals surface area contributed by atoms with Crippen LogP contribution in [0.15, 0.2) is 0 Å². The van der Waals surface area contributed by atoms with E-state index in [2.05, 4.69) is 28.0 Å². The topological polar surface area (TPSA) is 15.7 Å². The minimum atomic E-state index is -6.41. The van der Waals surface area contributed by atoms with Crippen molar-refractivity contribution in [3.63, 3.8) is 0 Å². The molecule has 0 saturated carbocycles. The molecule has 140 valence electrons. The molecule has 0 aromatic rings. The van der Waals surface area contributed by atoms with Crippen LogP contribution in [0.5, 0.6) is 0 Å². The van der Waals surface area contributed by atoms with Crippen LogP contribution >= 0.6 is 23.2 Å². The lowest BCUT2D eigenvalue weighted by Crippen LogP contribution is -2.57. The van der Waals surface area contributed by atoms with Gasteiger partial charge in [0.1, 0.15) is 0 Å². The summed E-state index contributed by atoms with van der Waals surface area (Å²) in [5, 5.41) is -2.84. The SMILES string of the molecule is FC(F)(F)N(CC(Cl)(Cl)ON(C(F)(F)F)C(F)(F)F)C(F)(F)F. The van der Waals surface area contributed by atoms with E-state index in [0.29, 0.717) is 0 Å². The summed E-state index contributed by atoms with van der Waals surface area (Å²) in [5.74, 6) is 0. The Hall–Kier alpha value is -0.380. The summed E-state index contributed by atoms with van der Waals surface area (Å²) in [4.78, 5) is 0.393. The minimum Gasteiger partial charge on any atom is -0.243 e. The lowest BCUT2D eigenvalue weighted by atomic mass is 10.6. The summed E-state index contributed by atoms with van der Waals surface area (Å²) in [6.07, 6.45) is -25.3. The van der Waals surface area contributed by atoms with Crippen LogP contribution in [-0.2, 0) is 4.84 Å². The molecule has 0 N–H and O–H groups in total. The standard InChI is InChI=1S/C6H2Cl2F12N2O/c7-2(8,1-21(3(9,10)11)4(12,13)14)23-22(5(15,16)17)6(18,19)20/h1H2. The van der Waals surface area contributed by atoms with Gasteiger partial charge in [0.15, 0.2) is 0 Å². The molecule has 0 aromatic heterocycles. The molecule has 23 heavy (non-hydrogen) atoms. The Balaban J connectivity index is 5.47. The molecule has 0 aliphatic carbocycles. The van der Waals surface area contributed by atoms with E-state index in [1.165, 1.54) is 0 Å². The maximum atomic E-state index is 12.1. The molecule has 0 spiro atoms. The first-order valence-electron chi connectivity index (χ1n) is 4.60. The molecule has 0 atom stereocenters. The fraction of sp³-hybridized carbons (Fsp3) is 1.00. The fourth-order valence-corrected chi connectivity index (χ4v) is 1.29. The average Bonchev–Trinajstić information content (AvgIpc) is 2.16. The number of rotatable bonds is 4. The Kier molecular flexibility index (Phi) is 6.39. The van der Waals surface area contributed by atoms with E-state index in [0.717, 1.165) is 0 Å². The van der Waals surface area contributed by atoms with Gasteiger partial charge in [-0.3, -0.25) is 0 Å². The third kappa shape index (κ3) is 7.36. The Bertz CT molecular complexity index is 334. The number of halogens is 14. The summed E-state index contributed by atoms with van der Waals surface area (Å²) in [5.41, 5.74) is 0. The minimum absolute atomic E-state index is 2.47. The van der Waals surface area contributed by atoms with E-state index in [1.54, 1.807) is 0 Å². The first-order chi connectivity index (χ1) is 9.68. The van der Waals surface area contributed by atoms with Crippen LogP contribution in [-0.4, -0.2) is 46.2 Å². The molecule has 0 aliphatic rings. The second-order valence-electron chi connectivity index (χ2n) is 3.48. The van der Waals surface area contributed by atoms with Gasteiger partial charge in [-0.15, -0.1) is 4.90 Å². The van der Waals surface area contributed by atoms with Gasteiger partial charge in [-0.1, -0.05) is 23.2 Å². The van der Waals surface area contributed by atoms with Crippen molar-refractivity contribution < 1.29 is 57.5 Å². The molecule has 0 fully saturated rings. The number of hydrogen-bond donors (Lipinski definition) is 0. The molecule has 17 heteroatoms. The van der Waals surface area contributed by atoms with Gasteiger partial charge in [-0.05, 0) is 0 Å². The second kappa shape index (κ2) is 6.50. The van der Waals surface area contributed by atoms with Crippen molar-refractivity contribution in [2.24, 2.45) is 0 Å². The summed E-state index contributed by atoms with van der Waals surface area (Å²) in [7, 11) is 0. The Morgan fingerprint density at radius 1 is 0.609 bits per heavy atom. The van der Waals surface area contributed by atoms with E-state index >= 15 is 0 Å². The Labute approximate surface area is 128 Å². The van der Waals surface area contributed by atoms with Crippen LogP contribution < -0.4 is 0 Å². The van der Waals surface area contributed by atoms with Gasteiger partial charge in [-0.25, -0.2) is 4.84 Å². The van der Waals surface area contributed by atoms with E-state index < -0.39 is 46.2 Å². The molecule has 3 nitrogen and oxygen atoms in total. The van der Waals surface area contributed by atoms with E-state index in [9.17, 15) is 52.7 Å². The van der Waals surface area contributed by atoms with Crippen LogP contribution in [0.3, 0.4) is 0 Å². The van der Waals surface area contributed by atoms with Gasteiger partial charge in [0.05, 0.1) is 6.54 Å². The molecule has 0 saturated heterocycles. The van der Waals surface area contributed by atoms with Crippen LogP contribution in [0, 0.1) is 0 Å². The van der Waals surface area contributed by atoms with Crippen molar-refractivity contribution in [2.45, 2.75) is 29.7 Å². The second-order valence-corrected chi connectivity index (χ2v) is 4.90. The normalized spacial score (nSPS) is 15.7. The molecule has 0 bridgehead atoms. The number of hydrogen-bond acceptors (Lipinski definition) is 3. The van der Waals surface area contributed by atoms with Crippen molar-refractivity contribution >= 4 is 23.2 Å². The van der Waals surface area contributed by atoms with Crippen LogP contribution in [0.25, 0.3) is 0 Å². The van der Waals surface area contributed by atoms with Crippen molar-refractivity contribution in [1.82, 2.24) is 9.96 Å². The van der Waals surface area contributed by atoms with Gasteiger partial charge in [0, 0.05) is 5.06 Å². The maximum absolute atomic E-state index is 12.1. The van der Waals surface area contributed by atoms with Crippen molar-refractivity contribution in [1.29, 1.82) is 0 Å². The molecule has 0 aliphatic heterocycles. The maximum Gasteiger partial charge on any atom is 0.490 e. The third-order valence-electron chi connectivity index (χ3n) is 1.64. The molecule has 0 amide bonds. The molecular formula is C6H2Cl2F12N2O. The van der Waals surface area contributed by atoms with Crippen LogP contribution in [0.2, 0.25) is 0 Å². The van der Waals surface area contributed by atoms with Crippen LogP contribution in [0.1, 0.15) is 0 Å². The molecule has 0 heterocycles. The van der Waals surface area contributed by atoms with Gasteiger partial charge < -0.3 is 0 Å². The molecular weight excluding hydrogens is 415 g/mol. The summed E-state index contributed by atoms with van der Waals surface area (Å²) in [6.45, 7) is -2.84. The molecule has 0 aromatic carbocycles. The fourth-order valence-electron chi connectivity index (χ4n) is 0.917. The highest BCUT2D eigenvalue weighted by Gasteiger charge is 2.61. The van der Waals surface area contributed by atoms with Gasteiger partial charge >= 0.3 is 25.2 Å². The number of nitrogens with zero attached hydrogens (tertiary/aromatic N) is 2. The Morgan fingerprint density at radius 2 is 0.913 bits per heavy atom. The van der Waals surface area contributed by atoms with Gasteiger partial charge in [0.25, 0.3) is 0 Å². The summed E-state index contributed by atoms with van der Waals surface area (Å²) in [6, 6.07) is 0. The van der Waals surface area contributed by atoms with E-state index in [-0.39, 0.29) is 0 Å². The number of alkyl halides is 14. The highest BCUT2D eigenvalue weighted by atomic mass is 35.5. The zero-order valence-corrected chi connectivity index (χ0v) is 11.3. The zero-order valence-electron chi connectivity index (χ0n) is 9.80. The zero-order chi connectivity index (χ0) is 19.1. The molecule has 0 radical (unpaired) electrons. The predicted molar refractivity (Wildman–Crippen MR) is 48.3 cm³/mol. The lowest BCUT2D eigenvalue weighted by Gasteiger charge is -2.35. The van der Waals surface area contributed by atoms with Crippen molar-refractivity contribution in [3.8, 4) is 0 Å². The molecule has 0 rings (SSSR count). The van der Waals surface area contributed by atoms with E-state index in [4.69, 9.17) is 0 Å². The Morgan fingerprint density at radius 3 is 1.13 bits per heavy atom. The largest absolute Gasteiger partial charge is 0.490 e. The lowest BCUT2D eigenvalue weighted by molar-refractivity contribution is -0.492. The first kappa shape index (κ1) is 22.6. The highest BCUT2D eigenvalue weighted by Crippen LogP contribution is 2.42. The smallest absolute Gasteiger partial charge is 0.243 e. The van der Waals surface area contributed by atoms with Crippen molar-refractivity contribution in [3.05, 3.63) is 0 Å². The quantitative estimate of drug-likeness (QED) is 0.285. The predicted octanol–water partition coefficient (Wildman–Crippen LogP) is 4.73. The van der Waals surface area contributed by atoms with Crippen LogP contribution in [0.4, 0.5) is 52.7 Å². The monoisotopic (exact) mass is 416 g/mol. The molecule has 0 unspecified atom stereocenters. The highest BCUT2D eigenvalue weighted by molar-refractivity contribution is 6.47. The number of hydroxylamine groups is 2. The van der Waals surface area contributed by atoms with Gasteiger partial charge in [0.2, 0.25) is 4.52 Å². The van der Waals surface area contributed by atoms with Gasteiger partial charge in [-0.2, -0.15) is 52.7 Å². The van der Waals surface area contributed by atoms with Crippen molar-refractivity contribution in [2.75, 3.05) is 6.54 Å². The first-order valence-corrected chi connectivity index (χ1v) is 5.35. The average molecular weight is 417 g/mol. The summed E-state index contributed by atoms with van der Waals surface area (Å²) >= 11 is 9.22. The van der Waals surface area contributed by atoms with E-state index in [1.807, 2.05) is 0 Å². The summed E-state index contributed by atoms with van der Waals surface area (Å²) < 4.78 is 141.